The number of halogens is 1. The molecule has 0 amide bonds. The van der Waals surface area contributed by atoms with Gasteiger partial charge in [-0.05, 0) is 42.5 Å². The van der Waals surface area contributed by atoms with Crippen molar-refractivity contribution >= 4 is 28.4 Å². The molecule has 0 radical (unpaired) electrons. The quantitative estimate of drug-likeness (QED) is 0.508. The number of pyridine rings is 1. The predicted octanol–water partition coefficient (Wildman–Crippen LogP) is 4.23. The fraction of sp³-hybridized carbons (Fsp3) is 0.105. The summed E-state index contributed by atoms with van der Waals surface area (Å²) < 4.78 is 18.1. The molecule has 124 valence electrons. The van der Waals surface area contributed by atoms with Gasteiger partial charge in [-0.3, -0.25) is 4.79 Å². The molecule has 0 N–H and O–H groups in total. The van der Waals surface area contributed by atoms with Crippen molar-refractivity contribution in [1.82, 2.24) is 4.98 Å². The average Bonchev–Trinajstić information content (AvgIpc) is 2.65. The van der Waals surface area contributed by atoms with Crippen LogP contribution in [0.4, 0.5) is 4.39 Å². The first-order valence-electron chi connectivity index (χ1n) is 7.41. The second kappa shape index (κ2) is 7.32. The van der Waals surface area contributed by atoms with E-state index in [2.05, 4.69) is 11.1 Å². The molecule has 1 aromatic heterocycles. The SMILES string of the molecule is COc1ccc2cc(C#N)c(SCC(=O)c3ccc(F)cc3)nc2c1. The summed E-state index contributed by atoms with van der Waals surface area (Å²) in [5.74, 6) is 0.244. The molecule has 0 atom stereocenters. The van der Waals surface area contributed by atoms with E-state index in [1.165, 1.54) is 36.0 Å². The number of hydrogen-bond acceptors (Lipinski definition) is 5. The van der Waals surface area contributed by atoms with Crippen LogP contribution in [0.1, 0.15) is 15.9 Å². The van der Waals surface area contributed by atoms with E-state index in [0.717, 1.165) is 5.39 Å². The van der Waals surface area contributed by atoms with Crippen LogP contribution in [0.3, 0.4) is 0 Å². The molecule has 0 aliphatic heterocycles. The number of ether oxygens (including phenoxy) is 1. The number of carbonyl (C=O) groups is 1. The van der Waals surface area contributed by atoms with Crippen LogP contribution < -0.4 is 4.74 Å². The largest absolute Gasteiger partial charge is 0.497 e. The first-order chi connectivity index (χ1) is 12.1. The number of carbonyl (C=O) groups excluding carboxylic acids is 1. The van der Waals surface area contributed by atoms with Crippen LogP contribution in [-0.4, -0.2) is 23.6 Å². The Labute approximate surface area is 148 Å². The molecule has 0 saturated heterocycles. The maximum Gasteiger partial charge on any atom is 0.173 e. The number of aromatic nitrogens is 1. The van der Waals surface area contributed by atoms with Crippen molar-refractivity contribution in [3.05, 3.63) is 65.5 Å². The van der Waals surface area contributed by atoms with Crippen molar-refractivity contribution in [2.24, 2.45) is 0 Å². The molecule has 0 unspecified atom stereocenters. The summed E-state index contributed by atoms with van der Waals surface area (Å²) in [5.41, 5.74) is 1.53. The van der Waals surface area contributed by atoms with E-state index in [9.17, 15) is 14.4 Å². The van der Waals surface area contributed by atoms with Gasteiger partial charge in [0.15, 0.2) is 5.78 Å². The van der Waals surface area contributed by atoms with E-state index >= 15 is 0 Å². The van der Waals surface area contributed by atoms with Crippen LogP contribution in [0.2, 0.25) is 0 Å². The highest BCUT2D eigenvalue weighted by Gasteiger charge is 2.12. The number of nitrogens with zero attached hydrogens (tertiary/aromatic N) is 2. The van der Waals surface area contributed by atoms with Gasteiger partial charge in [-0.15, -0.1) is 0 Å². The highest BCUT2D eigenvalue weighted by Crippen LogP contribution is 2.27. The molecule has 6 heteroatoms. The number of rotatable bonds is 5. The number of nitriles is 1. The minimum Gasteiger partial charge on any atom is -0.497 e. The Hall–Kier alpha value is -2.91. The standard InChI is InChI=1S/C19H13FN2O2S/c1-24-16-7-4-13-8-14(10-21)19(22-17(13)9-16)25-11-18(23)12-2-5-15(20)6-3-12/h2-9H,11H2,1H3. The number of methoxy groups -OCH3 is 1. The zero-order chi connectivity index (χ0) is 17.8. The minimum absolute atomic E-state index is 0.114. The Morgan fingerprint density at radius 1 is 1.24 bits per heavy atom. The summed E-state index contributed by atoms with van der Waals surface area (Å²) in [6.07, 6.45) is 0. The smallest absolute Gasteiger partial charge is 0.173 e. The van der Waals surface area contributed by atoms with E-state index in [0.29, 0.717) is 27.4 Å². The number of hydrogen-bond donors (Lipinski definition) is 0. The van der Waals surface area contributed by atoms with Crippen molar-refractivity contribution in [1.29, 1.82) is 5.26 Å². The maximum absolute atomic E-state index is 12.9. The number of Topliss-reactive ketones (excluding diaryl/α,β-unsaturated/α-hetero) is 1. The lowest BCUT2D eigenvalue weighted by Crippen LogP contribution is -2.03. The third-order valence-electron chi connectivity index (χ3n) is 3.62. The molecule has 1 heterocycles. The highest BCUT2D eigenvalue weighted by molar-refractivity contribution is 8.00. The van der Waals surface area contributed by atoms with Crippen LogP contribution in [0.5, 0.6) is 5.75 Å². The highest BCUT2D eigenvalue weighted by atomic mass is 32.2. The Balaban J connectivity index is 1.85. The van der Waals surface area contributed by atoms with Gasteiger partial charge in [0.2, 0.25) is 0 Å². The van der Waals surface area contributed by atoms with Gasteiger partial charge in [-0.2, -0.15) is 5.26 Å². The molecule has 0 bridgehead atoms. The Bertz CT molecular complexity index is 981. The monoisotopic (exact) mass is 352 g/mol. The fourth-order valence-corrected chi connectivity index (χ4v) is 3.16. The van der Waals surface area contributed by atoms with E-state index < -0.39 is 0 Å². The van der Waals surface area contributed by atoms with Crippen molar-refractivity contribution in [2.45, 2.75) is 5.03 Å². The summed E-state index contributed by atoms with van der Waals surface area (Å²) in [6.45, 7) is 0. The average molecular weight is 352 g/mol. The molecule has 0 aliphatic rings. The Morgan fingerprint density at radius 2 is 2.00 bits per heavy atom. The normalized spacial score (nSPS) is 10.4. The topological polar surface area (TPSA) is 63.0 Å². The summed E-state index contributed by atoms with van der Waals surface area (Å²) in [5, 5.41) is 10.6. The Kier molecular flexibility index (Phi) is 4.96. The molecule has 3 aromatic rings. The van der Waals surface area contributed by atoms with Crippen molar-refractivity contribution in [3.8, 4) is 11.8 Å². The van der Waals surface area contributed by atoms with Gasteiger partial charge in [-0.25, -0.2) is 9.37 Å². The van der Waals surface area contributed by atoms with Gasteiger partial charge in [0, 0.05) is 17.0 Å². The third kappa shape index (κ3) is 3.78. The van der Waals surface area contributed by atoms with Gasteiger partial charge < -0.3 is 4.74 Å². The van der Waals surface area contributed by atoms with Crippen molar-refractivity contribution in [2.75, 3.05) is 12.9 Å². The van der Waals surface area contributed by atoms with Crippen molar-refractivity contribution < 1.29 is 13.9 Å². The molecule has 0 spiro atoms. The number of fused-ring (bicyclic) bond motifs is 1. The lowest BCUT2D eigenvalue weighted by Gasteiger charge is -2.07. The van der Waals surface area contributed by atoms with Gasteiger partial charge in [0.05, 0.1) is 23.9 Å². The summed E-state index contributed by atoms with van der Waals surface area (Å²) >= 11 is 1.19. The number of thioether (sulfide) groups is 1. The van der Waals surface area contributed by atoms with E-state index in [1.807, 2.05) is 6.07 Å². The lowest BCUT2D eigenvalue weighted by atomic mass is 10.1. The fourth-order valence-electron chi connectivity index (χ4n) is 2.30. The van der Waals surface area contributed by atoms with Crippen LogP contribution in [0.25, 0.3) is 10.9 Å². The zero-order valence-corrected chi connectivity index (χ0v) is 14.1. The van der Waals surface area contributed by atoms with Crippen molar-refractivity contribution in [3.63, 3.8) is 0 Å². The molecular formula is C19H13FN2O2S. The summed E-state index contributed by atoms with van der Waals surface area (Å²) in [4.78, 5) is 16.7. The molecule has 0 fully saturated rings. The first-order valence-corrected chi connectivity index (χ1v) is 8.40. The second-order valence-electron chi connectivity index (χ2n) is 5.23. The number of ketones is 1. The number of benzene rings is 2. The van der Waals surface area contributed by atoms with Crippen LogP contribution in [0, 0.1) is 17.1 Å². The van der Waals surface area contributed by atoms with E-state index in [4.69, 9.17) is 4.74 Å². The van der Waals surface area contributed by atoms with Crippen LogP contribution >= 0.6 is 11.8 Å². The minimum atomic E-state index is -0.388. The molecule has 25 heavy (non-hydrogen) atoms. The first kappa shape index (κ1) is 16.9. The second-order valence-corrected chi connectivity index (χ2v) is 6.19. The van der Waals surface area contributed by atoms with E-state index in [1.54, 1.807) is 25.3 Å². The summed E-state index contributed by atoms with van der Waals surface area (Å²) in [7, 11) is 1.57. The van der Waals surface area contributed by atoms with Gasteiger partial charge in [-0.1, -0.05) is 11.8 Å². The molecule has 4 nitrogen and oxygen atoms in total. The van der Waals surface area contributed by atoms with E-state index in [-0.39, 0.29) is 17.4 Å². The van der Waals surface area contributed by atoms with Crippen LogP contribution in [-0.2, 0) is 0 Å². The predicted molar refractivity (Wildman–Crippen MR) is 94.5 cm³/mol. The van der Waals surface area contributed by atoms with Crippen LogP contribution in [0.15, 0.2) is 53.6 Å². The molecule has 0 saturated carbocycles. The molecule has 2 aromatic carbocycles. The third-order valence-corrected chi connectivity index (χ3v) is 4.61. The summed E-state index contributed by atoms with van der Waals surface area (Å²) in [6, 6.07) is 14.7. The van der Waals surface area contributed by atoms with Gasteiger partial charge >= 0.3 is 0 Å². The Morgan fingerprint density at radius 3 is 2.68 bits per heavy atom. The molecular weight excluding hydrogens is 339 g/mol. The zero-order valence-electron chi connectivity index (χ0n) is 13.3. The molecule has 0 aliphatic carbocycles. The lowest BCUT2D eigenvalue weighted by molar-refractivity contribution is 0.102. The molecule has 3 rings (SSSR count). The maximum atomic E-state index is 12.9. The van der Waals surface area contributed by atoms with Gasteiger partial charge in [0.1, 0.15) is 22.7 Å². The van der Waals surface area contributed by atoms with Gasteiger partial charge in [0.25, 0.3) is 0 Å².